The van der Waals surface area contributed by atoms with Gasteiger partial charge in [-0.05, 0) is 43.9 Å². The molecule has 0 radical (unpaired) electrons. The Morgan fingerprint density at radius 1 is 1.39 bits per heavy atom. The number of aromatic nitrogens is 3. The van der Waals surface area contributed by atoms with Crippen LogP contribution >= 0.6 is 11.6 Å². The molecule has 0 saturated carbocycles. The van der Waals surface area contributed by atoms with Crippen molar-refractivity contribution in [1.29, 1.82) is 0 Å². The van der Waals surface area contributed by atoms with Crippen LogP contribution in [-0.4, -0.2) is 40.3 Å². The number of oxazole rings is 1. The summed E-state index contributed by atoms with van der Waals surface area (Å²) in [4.78, 5) is 19.0. The zero-order valence-electron chi connectivity index (χ0n) is 15.9. The van der Waals surface area contributed by atoms with E-state index in [4.69, 9.17) is 16.0 Å². The van der Waals surface area contributed by atoms with Crippen LogP contribution in [0.1, 0.15) is 25.0 Å². The van der Waals surface area contributed by atoms with Crippen LogP contribution in [0.5, 0.6) is 0 Å². The molecular formula is C20H24ClN5O2. The van der Waals surface area contributed by atoms with Gasteiger partial charge in [-0.15, -0.1) is 0 Å². The fraction of sp³-hybridized carbons (Fsp3) is 0.450. The molecule has 8 heteroatoms. The third kappa shape index (κ3) is 4.47. The van der Waals surface area contributed by atoms with Gasteiger partial charge in [-0.3, -0.25) is 9.48 Å². The predicted molar refractivity (Wildman–Crippen MR) is 109 cm³/mol. The molecule has 0 bridgehead atoms. The van der Waals surface area contributed by atoms with E-state index in [2.05, 4.69) is 20.3 Å². The SMILES string of the molecule is Cc1ccn(CCNC(=O)CC2CCCN(c3nc4ccc(Cl)cc4o3)C2)n1. The average molecular weight is 402 g/mol. The molecule has 3 aromatic rings. The molecule has 1 atom stereocenters. The Kier molecular flexibility index (Phi) is 5.52. The average Bonchev–Trinajstić information content (AvgIpc) is 3.27. The van der Waals surface area contributed by atoms with Gasteiger partial charge in [-0.25, -0.2) is 0 Å². The number of fused-ring (bicyclic) bond motifs is 1. The monoisotopic (exact) mass is 401 g/mol. The van der Waals surface area contributed by atoms with Crippen molar-refractivity contribution >= 4 is 34.6 Å². The number of halogens is 1. The number of carbonyl (C=O) groups excluding carboxylic acids is 1. The second-order valence-corrected chi connectivity index (χ2v) is 7.77. The van der Waals surface area contributed by atoms with E-state index in [1.807, 2.05) is 36.0 Å². The number of anilines is 1. The lowest BCUT2D eigenvalue weighted by molar-refractivity contribution is -0.122. The van der Waals surface area contributed by atoms with E-state index >= 15 is 0 Å². The zero-order valence-corrected chi connectivity index (χ0v) is 16.7. The summed E-state index contributed by atoms with van der Waals surface area (Å²) >= 11 is 6.02. The van der Waals surface area contributed by atoms with Crippen LogP contribution in [0.3, 0.4) is 0 Å². The molecule has 3 heterocycles. The van der Waals surface area contributed by atoms with Crippen LogP contribution in [0.15, 0.2) is 34.9 Å². The van der Waals surface area contributed by atoms with Gasteiger partial charge < -0.3 is 14.6 Å². The molecule has 1 N–H and O–H groups in total. The molecule has 1 aliphatic rings. The molecule has 1 fully saturated rings. The number of piperidine rings is 1. The van der Waals surface area contributed by atoms with Gasteiger partial charge in [0.2, 0.25) is 5.91 Å². The van der Waals surface area contributed by atoms with Gasteiger partial charge in [0.05, 0.1) is 12.2 Å². The maximum atomic E-state index is 12.3. The van der Waals surface area contributed by atoms with Crippen LogP contribution < -0.4 is 10.2 Å². The Morgan fingerprint density at radius 3 is 3.11 bits per heavy atom. The number of rotatable bonds is 6. The number of hydrogen-bond acceptors (Lipinski definition) is 5. The molecule has 7 nitrogen and oxygen atoms in total. The lowest BCUT2D eigenvalue weighted by Gasteiger charge is -2.31. The van der Waals surface area contributed by atoms with E-state index in [1.54, 1.807) is 6.07 Å². The first-order chi connectivity index (χ1) is 13.6. The summed E-state index contributed by atoms with van der Waals surface area (Å²) in [6, 6.07) is 8.02. The zero-order chi connectivity index (χ0) is 19.5. The van der Waals surface area contributed by atoms with Crippen molar-refractivity contribution in [3.05, 3.63) is 41.2 Å². The molecule has 4 rings (SSSR count). The smallest absolute Gasteiger partial charge is 0.298 e. The molecule has 28 heavy (non-hydrogen) atoms. The second kappa shape index (κ2) is 8.22. The van der Waals surface area contributed by atoms with Crippen LogP contribution in [0, 0.1) is 12.8 Å². The molecule has 1 unspecified atom stereocenters. The summed E-state index contributed by atoms with van der Waals surface area (Å²) in [5.41, 5.74) is 2.47. The standard InChI is InChI=1S/C20H24ClN5O2/c1-14-6-9-26(24-14)10-7-22-19(27)11-15-3-2-8-25(13-15)20-23-17-5-4-16(21)12-18(17)28-20/h4-6,9,12,15H,2-3,7-8,10-11,13H2,1H3,(H,22,27). The number of amides is 1. The Balaban J connectivity index is 1.29. The van der Waals surface area contributed by atoms with Gasteiger partial charge in [0, 0.05) is 43.3 Å². The van der Waals surface area contributed by atoms with Crippen LogP contribution in [0.4, 0.5) is 6.01 Å². The van der Waals surface area contributed by atoms with Crippen molar-refractivity contribution in [3.63, 3.8) is 0 Å². The number of aryl methyl sites for hydroxylation is 1. The fourth-order valence-electron chi connectivity index (χ4n) is 3.66. The minimum Gasteiger partial charge on any atom is -0.423 e. The second-order valence-electron chi connectivity index (χ2n) is 7.34. The van der Waals surface area contributed by atoms with Crippen molar-refractivity contribution in [2.75, 3.05) is 24.5 Å². The minimum absolute atomic E-state index is 0.0834. The predicted octanol–water partition coefficient (Wildman–Crippen LogP) is 3.41. The van der Waals surface area contributed by atoms with Crippen LogP contribution in [0.2, 0.25) is 5.02 Å². The highest BCUT2D eigenvalue weighted by Crippen LogP contribution is 2.28. The number of benzene rings is 1. The van der Waals surface area contributed by atoms with Gasteiger partial charge >= 0.3 is 0 Å². The van der Waals surface area contributed by atoms with Gasteiger partial charge in [-0.1, -0.05) is 11.6 Å². The number of nitrogens with one attached hydrogen (secondary N) is 1. The highest BCUT2D eigenvalue weighted by atomic mass is 35.5. The summed E-state index contributed by atoms with van der Waals surface area (Å²) in [6.45, 7) is 4.88. The number of hydrogen-bond donors (Lipinski definition) is 1. The van der Waals surface area contributed by atoms with Crippen molar-refractivity contribution < 1.29 is 9.21 Å². The molecule has 1 aliphatic heterocycles. The summed E-state index contributed by atoms with van der Waals surface area (Å²) in [5, 5.41) is 7.95. The highest BCUT2D eigenvalue weighted by molar-refractivity contribution is 6.31. The molecule has 148 valence electrons. The Morgan fingerprint density at radius 2 is 2.29 bits per heavy atom. The Bertz CT molecular complexity index is 967. The maximum absolute atomic E-state index is 12.3. The van der Waals surface area contributed by atoms with Crippen LogP contribution in [-0.2, 0) is 11.3 Å². The molecule has 2 aromatic heterocycles. The molecule has 0 spiro atoms. The van der Waals surface area contributed by atoms with E-state index < -0.39 is 0 Å². The molecular weight excluding hydrogens is 378 g/mol. The van der Waals surface area contributed by atoms with E-state index in [-0.39, 0.29) is 5.91 Å². The molecule has 1 aromatic carbocycles. The summed E-state index contributed by atoms with van der Waals surface area (Å²) < 4.78 is 7.72. The van der Waals surface area contributed by atoms with E-state index in [0.29, 0.717) is 42.0 Å². The maximum Gasteiger partial charge on any atom is 0.298 e. The third-order valence-corrected chi connectivity index (χ3v) is 5.27. The van der Waals surface area contributed by atoms with Crippen molar-refractivity contribution in [1.82, 2.24) is 20.1 Å². The first kappa shape index (κ1) is 18.8. The summed E-state index contributed by atoms with van der Waals surface area (Å²) in [7, 11) is 0. The van der Waals surface area contributed by atoms with Crippen molar-refractivity contribution in [2.24, 2.45) is 5.92 Å². The van der Waals surface area contributed by atoms with E-state index in [1.165, 1.54) is 0 Å². The summed E-state index contributed by atoms with van der Waals surface area (Å²) in [5.74, 6) is 0.374. The largest absolute Gasteiger partial charge is 0.423 e. The van der Waals surface area contributed by atoms with Gasteiger partial charge in [0.25, 0.3) is 6.01 Å². The van der Waals surface area contributed by atoms with Crippen molar-refractivity contribution in [3.8, 4) is 0 Å². The summed E-state index contributed by atoms with van der Waals surface area (Å²) in [6.07, 6.45) is 4.49. The van der Waals surface area contributed by atoms with E-state index in [9.17, 15) is 4.79 Å². The van der Waals surface area contributed by atoms with Crippen LogP contribution in [0.25, 0.3) is 11.1 Å². The Hall–Kier alpha value is -2.54. The number of carbonyl (C=O) groups is 1. The topological polar surface area (TPSA) is 76.2 Å². The lowest BCUT2D eigenvalue weighted by atomic mass is 9.95. The van der Waals surface area contributed by atoms with E-state index in [0.717, 1.165) is 37.1 Å². The van der Waals surface area contributed by atoms with Gasteiger partial charge in [-0.2, -0.15) is 10.1 Å². The first-order valence-corrected chi connectivity index (χ1v) is 10.0. The molecule has 1 saturated heterocycles. The number of nitrogens with zero attached hydrogens (tertiary/aromatic N) is 4. The fourth-order valence-corrected chi connectivity index (χ4v) is 3.82. The van der Waals surface area contributed by atoms with Crippen molar-refractivity contribution in [2.45, 2.75) is 32.7 Å². The van der Waals surface area contributed by atoms with Gasteiger partial charge in [0.15, 0.2) is 5.58 Å². The third-order valence-electron chi connectivity index (χ3n) is 5.04. The first-order valence-electron chi connectivity index (χ1n) is 9.64. The highest BCUT2D eigenvalue weighted by Gasteiger charge is 2.25. The normalized spacial score (nSPS) is 17.2. The quantitative estimate of drug-likeness (QED) is 0.685. The molecule has 1 amide bonds. The minimum atomic E-state index is 0.0834. The van der Waals surface area contributed by atoms with Gasteiger partial charge in [0.1, 0.15) is 5.52 Å². The lowest BCUT2D eigenvalue weighted by Crippen LogP contribution is -2.38. The molecule has 0 aliphatic carbocycles. The Labute approximate surface area is 168 Å².